The van der Waals surface area contributed by atoms with Crippen LogP contribution in [0.2, 0.25) is 5.02 Å². The lowest BCUT2D eigenvalue weighted by atomic mass is 10.2. The zero-order valence-electron chi connectivity index (χ0n) is 15.5. The minimum Gasteiger partial charge on any atom is -0.372 e. The summed E-state index contributed by atoms with van der Waals surface area (Å²) >= 11 is 5.91. The van der Waals surface area contributed by atoms with Gasteiger partial charge in [0.15, 0.2) is 5.82 Å². The molecule has 2 aromatic carbocycles. The van der Waals surface area contributed by atoms with Gasteiger partial charge in [-0.05, 0) is 55.8 Å². The minimum atomic E-state index is 0.451. The highest BCUT2D eigenvalue weighted by Crippen LogP contribution is 2.20. The van der Waals surface area contributed by atoms with Crippen LogP contribution in [0, 0.1) is 0 Å². The zero-order valence-corrected chi connectivity index (χ0v) is 16.2. The summed E-state index contributed by atoms with van der Waals surface area (Å²) < 4.78 is 0. The summed E-state index contributed by atoms with van der Waals surface area (Å²) in [7, 11) is 0. The van der Waals surface area contributed by atoms with Gasteiger partial charge in [-0.15, -0.1) is 5.10 Å². The van der Waals surface area contributed by atoms with Crippen molar-refractivity contribution >= 4 is 34.7 Å². The van der Waals surface area contributed by atoms with Crippen molar-refractivity contribution in [3.8, 4) is 0 Å². The first-order valence-corrected chi connectivity index (χ1v) is 9.35. The van der Waals surface area contributed by atoms with Gasteiger partial charge < -0.3 is 15.5 Å². The number of aromatic nitrogens is 3. The van der Waals surface area contributed by atoms with Crippen molar-refractivity contribution in [3.63, 3.8) is 0 Å². The molecule has 0 bridgehead atoms. The second-order valence-electron chi connectivity index (χ2n) is 5.99. The Balaban J connectivity index is 1.62. The van der Waals surface area contributed by atoms with E-state index in [2.05, 4.69) is 56.7 Å². The summed E-state index contributed by atoms with van der Waals surface area (Å²) in [6.07, 6.45) is 1.60. The molecule has 27 heavy (non-hydrogen) atoms. The molecule has 2 N–H and O–H groups in total. The van der Waals surface area contributed by atoms with Crippen LogP contribution in [-0.4, -0.2) is 28.3 Å². The number of nitrogens with zero attached hydrogens (tertiary/aromatic N) is 4. The van der Waals surface area contributed by atoms with Crippen molar-refractivity contribution in [2.45, 2.75) is 20.4 Å². The maximum Gasteiger partial charge on any atom is 0.249 e. The summed E-state index contributed by atoms with van der Waals surface area (Å²) in [6.45, 7) is 6.90. The summed E-state index contributed by atoms with van der Waals surface area (Å²) in [6, 6.07) is 15.9. The Bertz CT molecular complexity index is 847. The van der Waals surface area contributed by atoms with Crippen molar-refractivity contribution in [3.05, 3.63) is 65.3 Å². The van der Waals surface area contributed by atoms with Crippen molar-refractivity contribution in [2.24, 2.45) is 0 Å². The molecule has 3 rings (SSSR count). The highest BCUT2D eigenvalue weighted by atomic mass is 35.5. The van der Waals surface area contributed by atoms with Gasteiger partial charge in [-0.1, -0.05) is 23.7 Å². The number of rotatable bonds is 8. The average Bonchev–Trinajstić information content (AvgIpc) is 2.70. The van der Waals surface area contributed by atoms with Gasteiger partial charge in [0.2, 0.25) is 5.95 Å². The third kappa shape index (κ3) is 5.31. The molecule has 3 aromatic rings. The van der Waals surface area contributed by atoms with Crippen LogP contribution in [-0.2, 0) is 6.54 Å². The van der Waals surface area contributed by atoms with Gasteiger partial charge in [-0.3, -0.25) is 0 Å². The van der Waals surface area contributed by atoms with Gasteiger partial charge in [0, 0.05) is 36.0 Å². The Morgan fingerprint density at radius 2 is 1.67 bits per heavy atom. The van der Waals surface area contributed by atoms with E-state index in [0.717, 1.165) is 29.4 Å². The summed E-state index contributed by atoms with van der Waals surface area (Å²) in [4.78, 5) is 6.75. The molecule has 0 fully saturated rings. The standard InChI is InChI=1S/C20H23ClN6/c1-3-27(4-2)18-11-9-17(10-12-18)24-20-25-19(14-23-26-20)22-13-15-5-7-16(21)8-6-15/h5-12,14H,3-4,13H2,1-2H3,(H2,22,24,25,26). The van der Waals surface area contributed by atoms with E-state index in [1.54, 1.807) is 6.20 Å². The van der Waals surface area contributed by atoms with Crippen LogP contribution in [0.15, 0.2) is 54.7 Å². The fourth-order valence-electron chi connectivity index (χ4n) is 2.71. The lowest BCUT2D eigenvalue weighted by molar-refractivity contribution is 0.866. The van der Waals surface area contributed by atoms with Crippen LogP contribution >= 0.6 is 11.6 Å². The molecule has 0 saturated carbocycles. The van der Waals surface area contributed by atoms with Gasteiger partial charge in [-0.2, -0.15) is 10.1 Å². The molecule has 0 aliphatic carbocycles. The fourth-order valence-corrected chi connectivity index (χ4v) is 2.84. The lowest BCUT2D eigenvalue weighted by Gasteiger charge is -2.21. The van der Waals surface area contributed by atoms with E-state index < -0.39 is 0 Å². The summed E-state index contributed by atoms with van der Waals surface area (Å²) in [5.74, 6) is 1.11. The molecule has 140 valence electrons. The second-order valence-corrected chi connectivity index (χ2v) is 6.43. The van der Waals surface area contributed by atoms with Gasteiger partial charge in [0.05, 0.1) is 6.20 Å². The molecule has 7 heteroatoms. The highest BCUT2D eigenvalue weighted by molar-refractivity contribution is 6.30. The topological polar surface area (TPSA) is 66.0 Å². The normalized spacial score (nSPS) is 10.5. The van der Waals surface area contributed by atoms with Crippen LogP contribution in [0.5, 0.6) is 0 Å². The third-order valence-corrected chi connectivity index (χ3v) is 4.45. The first-order valence-electron chi connectivity index (χ1n) is 8.98. The maximum absolute atomic E-state index is 5.91. The van der Waals surface area contributed by atoms with Crippen molar-refractivity contribution in [2.75, 3.05) is 28.6 Å². The second kappa shape index (κ2) is 9.19. The van der Waals surface area contributed by atoms with Crippen molar-refractivity contribution in [1.82, 2.24) is 15.2 Å². The van der Waals surface area contributed by atoms with Gasteiger partial charge in [0.25, 0.3) is 0 Å². The highest BCUT2D eigenvalue weighted by Gasteiger charge is 2.04. The number of hydrogen-bond acceptors (Lipinski definition) is 6. The van der Waals surface area contributed by atoms with E-state index in [4.69, 9.17) is 11.6 Å². The summed E-state index contributed by atoms with van der Waals surface area (Å²) in [5.41, 5.74) is 3.23. The first-order chi connectivity index (χ1) is 13.2. The van der Waals surface area contributed by atoms with Gasteiger partial charge >= 0.3 is 0 Å². The van der Waals surface area contributed by atoms with E-state index in [9.17, 15) is 0 Å². The molecule has 0 spiro atoms. The Labute approximate surface area is 164 Å². The van der Waals surface area contributed by atoms with Gasteiger partial charge in [-0.25, -0.2) is 0 Å². The fraction of sp³-hybridized carbons (Fsp3) is 0.250. The van der Waals surface area contributed by atoms with E-state index in [-0.39, 0.29) is 0 Å². The molecule has 6 nitrogen and oxygen atoms in total. The Morgan fingerprint density at radius 1 is 0.963 bits per heavy atom. The molecule has 0 amide bonds. The molecule has 1 aromatic heterocycles. The van der Waals surface area contributed by atoms with Crippen molar-refractivity contribution in [1.29, 1.82) is 0 Å². The molecule has 0 atom stereocenters. The smallest absolute Gasteiger partial charge is 0.249 e. The zero-order chi connectivity index (χ0) is 19.1. The van der Waals surface area contributed by atoms with Crippen LogP contribution < -0.4 is 15.5 Å². The average molecular weight is 383 g/mol. The Kier molecular flexibility index (Phi) is 6.44. The Morgan fingerprint density at radius 3 is 2.33 bits per heavy atom. The molecule has 0 aliphatic rings. The molecular formula is C20H23ClN6. The molecule has 0 saturated heterocycles. The SMILES string of the molecule is CCN(CC)c1ccc(Nc2nncc(NCc3ccc(Cl)cc3)n2)cc1. The van der Waals surface area contributed by atoms with E-state index in [1.807, 2.05) is 36.4 Å². The molecule has 0 unspecified atom stereocenters. The molecule has 0 radical (unpaired) electrons. The number of nitrogens with one attached hydrogen (secondary N) is 2. The molecule has 0 aliphatic heterocycles. The van der Waals surface area contributed by atoms with E-state index in [1.165, 1.54) is 5.69 Å². The molecule has 1 heterocycles. The molecular weight excluding hydrogens is 360 g/mol. The predicted molar refractivity (Wildman–Crippen MR) is 112 cm³/mol. The predicted octanol–water partition coefficient (Wildman–Crippen LogP) is 4.73. The Hall–Kier alpha value is -2.86. The van der Waals surface area contributed by atoms with Crippen LogP contribution in [0.3, 0.4) is 0 Å². The van der Waals surface area contributed by atoms with Gasteiger partial charge in [0.1, 0.15) is 0 Å². The minimum absolute atomic E-state index is 0.451. The quantitative estimate of drug-likeness (QED) is 0.587. The third-order valence-electron chi connectivity index (χ3n) is 4.20. The monoisotopic (exact) mass is 382 g/mol. The maximum atomic E-state index is 5.91. The van der Waals surface area contributed by atoms with Crippen LogP contribution in [0.1, 0.15) is 19.4 Å². The first kappa shape index (κ1) is 18.9. The number of benzene rings is 2. The van der Waals surface area contributed by atoms with Crippen molar-refractivity contribution < 1.29 is 0 Å². The summed E-state index contributed by atoms with van der Waals surface area (Å²) in [5, 5.41) is 15.2. The van der Waals surface area contributed by atoms with Crippen LogP contribution in [0.25, 0.3) is 0 Å². The lowest BCUT2D eigenvalue weighted by Crippen LogP contribution is -2.21. The number of halogens is 1. The van der Waals surface area contributed by atoms with E-state index in [0.29, 0.717) is 18.3 Å². The van der Waals surface area contributed by atoms with E-state index >= 15 is 0 Å². The largest absolute Gasteiger partial charge is 0.372 e. The number of hydrogen-bond donors (Lipinski definition) is 2. The van der Waals surface area contributed by atoms with Crippen LogP contribution in [0.4, 0.5) is 23.1 Å². The number of anilines is 4.